The standard InChI is InChI=1S/C8H7FN4/c9-6-1-2-8(7(10)5-6)13-11-3-4-12-13/h1-5H,10H2. The van der Waals surface area contributed by atoms with Crippen LogP contribution in [0.2, 0.25) is 0 Å². The minimum atomic E-state index is -0.367. The van der Waals surface area contributed by atoms with Gasteiger partial charge in [0.25, 0.3) is 0 Å². The van der Waals surface area contributed by atoms with Crippen LogP contribution in [-0.2, 0) is 0 Å². The molecule has 0 fully saturated rings. The summed E-state index contributed by atoms with van der Waals surface area (Å²) in [6, 6.07) is 4.08. The van der Waals surface area contributed by atoms with Gasteiger partial charge in [0.2, 0.25) is 0 Å². The largest absolute Gasteiger partial charge is 0.397 e. The Balaban J connectivity index is 2.53. The summed E-state index contributed by atoms with van der Waals surface area (Å²) in [5, 5.41) is 7.76. The first-order valence-electron chi connectivity index (χ1n) is 3.69. The van der Waals surface area contributed by atoms with Crippen molar-refractivity contribution in [2.24, 2.45) is 0 Å². The summed E-state index contributed by atoms with van der Waals surface area (Å²) >= 11 is 0. The van der Waals surface area contributed by atoms with Crippen molar-refractivity contribution in [2.75, 3.05) is 5.73 Å². The van der Waals surface area contributed by atoms with Crippen LogP contribution < -0.4 is 5.73 Å². The number of benzene rings is 1. The summed E-state index contributed by atoms with van der Waals surface area (Å²) in [6.45, 7) is 0. The summed E-state index contributed by atoms with van der Waals surface area (Å²) in [4.78, 5) is 1.34. The van der Waals surface area contributed by atoms with E-state index in [9.17, 15) is 4.39 Å². The minimum absolute atomic E-state index is 0.316. The number of rotatable bonds is 1. The van der Waals surface area contributed by atoms with Crippen molar-refractivity contribution in [3.8, 4) is 5.69 Å². The lowest BCUT2D eigenvalue weighted by atomic mass is 10.3. The van der Waals surface area contributed by atoms with Crippen molar-refractivity contribution in [1.29, 1.82) is 0 Å². The van der Waals surface area contributed by atoms with E-state index < -0.39 is 0 Å². The number of nitrogens with zero attached hydrogens (tertiary/aromatic N) is 3. The van der Waals surface area contributed by atoms with E-state index in [2.05, 4.69) is 10.2 Å². The van der Waals surface area contributed by atoms with Crippen molar-refractivity contribution in [2.45, 2.75) is 0 Å². The van der Waals surface area contributed by atoms with Gasteiger partial charge in [-0.05, 0) is 18.2 Å². The Morgan fingerprint density at radius 3 is 2.54 bits per heavy atom. The van der Waals surface area contributed by atoms with Crippen LogP contribution in [0.15, 0.2) is 30.6 Å². The molecule has 1 aromatic carbocycles. The predicted molar refractivity (Wildman–Crippen MR) is 45.7 cm³/mol. The second kappa shape index (κ2) is 2.85. The lowest BCUT2D eigenvalue weighted by Crippen LogP contribution is -2.03. The van der Waals surface area contributed by atoms with Crippen LogP contribution in [0.25, 0.3) is 5.69 Å². The quantitative estimate of drug-likeness (QED) is 0.662. The van der Waals surface area contributed by atoms with E-state index >= 15 is 0 Å². The lowest BCUT2D eigenvalue weighted by Gasteiger charge is -2.02. The Morgan fingerprint density at radius 2 is 1.92 bits per heavy atom. The summed E-state index contributed by atoms with van der Waals surface area (Å²) in [6.07, 6.45) is 3.06. The summed E-state index contributed by atoms with van der Waals surface area (Å²) < 4.78 is 12.7. The third-order valence-electron chi connectivity index (χ3n) is 1.62. The molecule has 2 aromatic rings. The Morgan fingerprint density at radius 1 is 1.23 bits per heavy atom. The van der Waals surface area contributed by atoms with Crippen LogP contribution >= 0.6 is 0 Å². The molecule has 5 heteroatoms. The van der Waals surface area contributed by atoms with Crippen molar-refractivity contribution in [1.82, 2.24) is 15.0 Å². The van der Waals surface area contributed by atoms with Crippen LogP contribution in [0.5, 0.6) is 0 Å². The number of anilines is 1. The maximum Gasteiger partial charge on any atom is 0.125 e. The molecule has 0 aliphatic carbocycles. The van der Waals surface area contributed by atoms with E-state index in [0.29, 0.717) is 11.4 Å². The van der Waals surface area contributed by atoms with E-state index in [1.54, 1.807) is 0 Å². The molecule has 0 aliphatic heterocycles. The zero-order chi connectivity index (χ0) is 9.26. The number of nitrogens with two attached hydrogens (primary N) is 1. The highest BCUT2D eigenvalue weighted by Gasteiger charge is 2.03. The molecular weight excluding hydrogens is 171 g/mol. The van der Waals surface area contributed by atoms with E-state index in [4.69, 9.17) is 5.73 Å². The van der Waals surface area contributed by atoms with E-state index in [-0.39, 0.29) is 5.82 Å². The molecule has 2 rings (SSSR count). The molecule has 0 unspecified atom stereocenters. The van der Waals surface area contributed by atoms with Crippen LogP contribution in [0, 0.1) is 5.82 Å². The van der Waals surface area contributed by atoms with Crippen LogP contribution in [-0.4, -0.2) is 15.0 Å². The zero-order valence-corrected chi connectivity index (χ0v) is 6.68. The maximum atomic E-state index is 12.7. The van der Waals surface area contributed by atoms with Crippen LogP contribution in [0.4, 0.5) is 10.1 Å². The van der Waals surface area contributed by atoms with Crippen molar-refractivity contribution >= 4 is 5.69 Å². The topological polar surface area (TPSA) is 56.7 Å². The monoisotopic (exact) mass is 178 g/mol. The third-order valence-corrected chi connectivity index (χ3v) is 1.62. The first-order chi connectivity index (χ1) is 6.27. The Labute approximate surface area is 73.8 Å². The molecule has 66 valence electrons. The second-order valence-electron chi connectivity index (χ2n) is 2.52. The fourth-order valence-corrected chi connectivity index (χ4v) is 1.05. The van der Waals surface area contributed by atoms with Gasteiger partial charge in [-0.3, -0.25) is 0 Å². The van der Waals surface area contributed by atoms with E-state index in [1.807, 2.05) is 0 Å². The molecule has 2 N–H and O–H groups in total. The number of halogens is 1. The first-order valence-corrected chi connectivity index (χ1v) is 3.69. The third kappa shape index (κ3) is 1.35. The molecule has 0 amide bonds. The molecule has 13 heavy (non-hydrogen) atoms. The minimum Gasteiger partial charge on any atom is -0.397 e. The van der Waals surface area contributed by atoms with Gasteiger partial charge in [-0.1, -0.05) is 0 Å². The van der Waals surface area contributed by atoms with Crippen LogP contribution in [0.3, 0.4) is 0 Å². The normalized spacial score (nSPS) is 10.2. The highest BCUT2D eigenvalue weighted by molar-refractivity contribution is 5.56. The molecule has 0 spiro atoms. The summed E-state index contributed by atoms with van der Waals surface area (Å²) in [5.74, 6) is -0.367. The lowest BCUT2D eigenvalue weighted by molar-refractivity contribution is 0.627. The number of hydrogen-bond donors (Lipinski definition) is 1. The molecule has 0 radical (unpaired) electrons. The highest BCUT2D eigenvalue weighted by atomic mass is 19.1. The number of hydrogen-bond acceptors (Lipinski definition) is 3. The van der Waals surface area contributed by atoms with Gasteiger partial charge in [-0.25, -0.2) is 4.39 Å². The Bertz CT molecular complexity index is 410. The van der Waals surface area contributed by atoms with Gasteiger partial charge in [0.1, 0.15) is 11.5 Å². The van der Waals surface area contributed by atoms with Gasteiger partial charge in [0.15, 0.2) is 0 Å². The van der Waals surface area contributed by atoms with Gasteiger partial charge >= 0.3 is 0 Å². The van der Waals surface area contributed by atoms with Gasteiger partial charge in [-0.15, -0.1) is 4.80 Å². The average molecular weight is 178 g/mol. The Kier molecular flexibility index (Phi) is 1.70. The van der Waals surface area contributed by atoms with Gasteiger partial charge in [0, 0.05) is 0 Å². The summed E-state index contributed by atoms with van der Waals surface area (Å²) in [7, 11) is 0. The molecule has 1 heterocycles. The highest BCUT2D eigenvalue weighted by Crippen LogP contribution is 2.15. The van der Waals surface area contributed by atoms with E-state index in [0.717, 1.165) is 0 Å². The van der Waals surface area contributed by atoms with E-state index in [1.165, 1.54) is 35.4 Å². The molecule has 4 nitrogen and oxygen atoms in total. The van der Waals surface area contributed by atoms with Crippen molar-refractivity contribution < 1.29 is 4.39 Å². The number of nitrogen functional groups attached to an aromatic ring is 1. The first kappa shape index (κ1) is 7.72. The smallest absolute Gasteiger partial charge is 0.125 e. The molecule has 0 saturated carbocycles. The SMILES string of the molecule is Nc1cc(F)ccc1-n1nccn1. The predicted octanol–water partition coefficient (Wildman–Crippen LogP) is 0.989. The second-order valence-corrected chi connectivity index (χ2v) is 2.52. The molecule has 1 aromatic heterocycles. The maximum absolute atomic E-state index is 12.7. The molecule has 0 atom stereocenters. The average Bonchev–Trinajstić information content (AvgIpc) is 2.56. The molecule has 0 saturated heterocycles. The number of aromatic nitrogens is 3. The molecule has 0 aliphatic rings. The van der Waals surface area contributed by atoms with Crippen molar-refractivity contribution in [3.63, 3.8) is 0 Å². The van der Waals surface area contributed by atoms with Crippen molar-refractivity contribution in [3.05, 3.63) is 36.4 Å². The molecular formula is C8H7FN4. The fourth-order valence-electron chi connectivity index (χ4n) is 1.05. The zero-order valence-electron chi connectivity index (χ0n) is 6.68. The Hall–Kier alpha value is -1.91. The summed E-state index contributed by atoms with van der Waals surface area (Å²) in [5.41, 5.74) is 6.46. The van der Waals surface area contributed by atoms with Gasteiger partial charge < -0.3 is 5.73 Å². The molecule has 0 bridgehead atoms. The fraction of sp³-hybridized carbons (Fsp3) is 0. The van der Waals surface area contributed by atoms with Crippen LogP contribution in [0.1, 0.15) is 0 Å². The van der Waals surface area contributed by atoms with Gasteiger partial charge in [-0.2, -0.15) is 10.2 Å². The van der Waals surface area contributed by atoms with Gasteiger partial charge in [0.05, 0.1) is 18.1 Å².